The van der Waals surface area contributed by atoms with Crippen LogP contribution < -0.4 is 4.57 Å². The lowest BCUT2D eigenvalue weighted by Crippen LogP contribution is -2.34. The van der Waals surface area contributed by atoms with Gasteiger partial charge in [-0.05, 0) is 53.9 Å². The van der Waals surface area contributed by atoms with E-state index in [4.69, 9.17) is 0 Å². The molecule has 1 aromatic carbocycles. The van der Waals surface area contributed by atoms with Crippen molar-refractivity contribution in [2.24, 2.45) is 7.05 Å². The third-order valence-electron chi connectivity index (χ3n) is 5.46. The average Bonchev–Trinajstić information content (AvgIpc) is 2.48. The lowest BCUT2D eigenvalue weighted by molar-refractivity contribution is -0.661. The highest BCUT2D eigenvalue weighted by Gasteiger charge is 2.26. The fourth-order valence-corrected chi connectivity index (χ4v) is 3.33. The van der Waals surface area contributed by atoms with Crippen LogP contribution in [0.25, 0.3) is 11.3 Å². The summed E-state index contributed by atoms with van der Waals surface area (Å²) in [4.78, 5) is 0. The Morgan fingerprint density at radius 1 is 0.917 bits per heavy atom. The highest BCUT2D eigenvalue weighted by molar-refractivity contribution is 5.63. The molecule has 0 aliphatic heterocycles. The van der Waals surface area contributed by atoms with E-state index < -0.39 is 0 Å². The van der Waals surface area contributed by atoms with Crippen LogP contribution in [0.15, 0.2) is 30.5 Å². The smallest absolute Gasteiger partial charge is 0.201 e. The van der Waals surface area contributed by atoms with E-state index in [9.17, 15) is 0 Å². The zero-order valence-corrected chi connectivity index (χ0v) is 17.0. The first-order valence-corrected chi connectivity index (χ1v) is 9.09. The van der Waals surface area contributed by atoms with Crippen molar-refractivity contribution >= 4 is 0 Å². The normalized spacial score (nSPS) is 12.5. The number of hydrogen-bond donors (Lipinski definition) is 0. The van der Waals surface area contributed by atoms with Gasteiger partial charge in [-0.15, -0.1) is 0 Å². The number of aryl methyl sites for hydroxylation is 3. The van der Waals surface area contributed by atoms with Crippen molar-refractivity contribution < 1.29 is 4.57 Å². The molecule has 0 saturated carbocycles. The zero-order chi connectivity index (χ0) is 18.3. The van der Waals surface area contributed by atoms with Gasteiger partial charge in [0.25, 0.3) is 0 Å². The van der Waals surface area contributed by atoms with Crippen LogP contribution in [0.4, 0.5) is 0 Å². The standard InChI is InChI=1S/C23H34N/c1-10-23(7,8)20-15-24(9)21(14-17(20)3)19-12-11-18(13-16(19)2)22(4,5)6/h11-15H,10H2,1-9H3/q+1. The molecular weight excluding hydrogens is 290 g/mol. The SMILES string of the molecule is CCC(C)(C)c1c[n+](C)c(-c2ccc(C(C)(C)C)cc2C)cc1C. The van der Waals surface area contributed by atoms with Gasteiger partial charge >= 0.3 is 0 Å². The number of pyridine rings is 1. The quantitative estimate of drug-likeness (QED) is 0.630. The molecule has 2 aromatic rings. The maximum atomic E-state index is 2.35. The van der Waals surface area contributed by atoms with Gasteiger partial charge in [-0.1, -0.05) is 53.7 Å². The van der Waals surface area contributed by atoms with Crippen molar-refractivity contribution in [1.29, 1.82) is 0 Å². The first-order chi connectivity index (χ1) is 11.0. The highest BCUT2D eigenvalue weighted by Crippen LogP contribution is 2.32. The van der Waals surface area contributed by atoms with Crippen molar-refractivity contribution in [1.82, 2.24) is 0 Å². The van der Waals surface area contributed by atoms with Crippen LogP contribution in [0.3, 0.4) is 0 Å². The molecule has 0 N–H and O–H groups in total. The van der Waals surface area contributed by atoms with Gasteiger partial charge in [-0.2, -0.15) is 0 Å². The Hall–Kier alpha value is -1.63. The summed E-state index contributed by atoms with van der Waals surface area (Å²) in [6.07, 6.45) is 3.47. The minimum absolute atomic E-state index is 0.191. The zero-order valence-electron chi connectivity index (χ0n) is 17.0. The summed E-state index contributed by atoms with van der Waals surface area (Å²) in [7, 11) is 2.17. The van der Waals surface area contributed by atoms with E-state index in [2.05, 4.69) is 97.5 Å². The molecule has 24 heavy (non-hydrogen) atoms. The number of hydrogen-bond acceptors (Lipinski definition) is 0. The molecule has 0 unspecified atom stereocenters. The molecule has 0 saturated heterocycles. The summed E-state index contributed by atoms with van der Waals surface area (Å²) in [6.45, 7) is 18.2. The molecule has 0 spiro atoms. The predicted octanol–water partition coefficient (Wildman–Crippen LogP) is 5.78. The number of benzene rings is 1. The molecule has 1 nitrogen and oxygen atoms in total. The number of nitrogens with zero attached hydrogens (tertiary/aromatic N) is 1. The maximum Gasteiger partial charge on any atom is 0.212 e. The lowest BCUT2D eigenvalue weighted by atomic mass is 9.80. The van der Waals surface area contributed by atoms with Crippen LogP contribution in [-0.4, -0.2) is 0 Å². The molecule has 0 aliphatic rings. The predicted molar refractivity (Wildman–Crippen MR) is 105 cm³/mol. The Morgan fingerprint density at radius 3 is 2.04 bits per heavy atom. The van der Waals surface area contributed by atoms with Crippen LogP contribution >= 0.6 is 0 Å². The molecule has 0 fully saturated rings. The minimum Gasteiger partial charge on any atom is -0.201 e. The van der Waals surface area contributed by atoms with E-state index in [1.165, 1.54) is 33.5 Å². The highest BCUT2D eigenvalue weighted by atomic mass is 14.9. The Kier molecular flexibility index (Phi) is 4.95. The number of rotatable bonds is 3. The summed E-state index contributed by atoms with van der Waals surface area (Å²) in [5.74, 6) is 0. The molecule has 1 aromatic heterocycles. The molecule has 0 bridgehead atoms. The number of aromatic nitrogens is 1. The van der Waals surface area contributed by atoms with Crippen molar-refractivity contribution in [3.05, 3.63) is 52.7 Å². The first kappa shape index (κ1) is 18.7. The van der Waals surface area contributed by atoms with E-state index in [1.54, 1.807) is 0 Å². The van der Waals surface area contributed by atoms with Gasteiger partial charge in [0.05, 0.1) is 0 Å². The van der Waals surface area contributed by atoms with Crippen LogP contribution in [0.5, 0.6) is 0 Å². The molecule has 1 heterocycles. The van der Waals surface area contributed by atoms with E-state index >= 15 is 0 Å². The van der Waals surface area contributed by atoms with Gasteiger partial charge in [-0.25, -0.2) is 4.57 Å². The van der Waals surface area contributed by atoms with E-state index in [0.717, 1.165) is 6.42 Å². The Morgan fingerprint density at radius 2 is 1.54 bits per heavy atom. The van der Waals surface area contributed by atoms with Crippen molar-refractivity contribution in [3.63, 3.8) is 0 Å². The largest absolute Gasteiger partial charge is 0.212 e. The summed E-state index contributed by atoms with van der Waals surface area (Å²) in [6, 6.07) is 9.26. The molecule has 0 amide bonds. The van der Waals surface area contributed by atoms with Crippen LogP contribution in [0.1, 0.15) is 70.2 Å². The van der Waals surface area contributed by atoms with Gasteiger partial charge in [0.2, 0.25) is 5.69 Å². The van der Waals surface area contributed by atoms with Crippen LogP contribution in [0.2, 0.25) is 0 Å². The van der Waals surface area contributed by atoms with Gasteiger partial charge < -0.3 is 0 Å². The molecule has 0 aliphatic carbocycles. The monoisotopic (exact) mass is 324 g/mol. The van der Waals surface area contributed by atoms with E-state index in [0.29, 0.717) is 0 Å². The molecule has 1 heteroatoms. The average molecular weight is 325 g/mol. The second-order valence-corrected chi connectivity index (χ2v) is 8.88. The fourth-order valence-electron chi connectivity index (χ4n) is 3.33. The van der Waals surface area contributed by atoms with Crippen molar-refractivity contribution in [3.8, 4) is 11.3 Å². The van der Waals surface area contributed by atoms with Crippen molar-refractivity contribution in [2.75, 3.05) is 0 Å². The van der Waals surface area contributed by atoms with Gasteiger partial charge in [0.15, 0.2) is 6.20 Å². The molecule has 2 rings (SSSR count). The Bertz CT molecular complexity index is 745. The minimum atomic E-state index is 0.191. The summed E-state index contributed by atoms with van der Waals surface area (Å²) in [5, 5.41) is 0. The van der Waals surface area contributed by atoms with E-state index in [-0.39, 0.29) is 10.8 Å². The topological polar surface area (TPSA) is 3.88 Å². The van der Waals surface area contributed by atoms with Crippen LogP contribution in [0, 0.1) is 13.8 Å². The first-order valence-electron chi connectivity index (χ1n) is 9.09. The second-order valence-electron chi connectivity index (χ2n) is 8.88. The summed E-state index contributed by atoms with van der Waals surface area (Å²) in [5.41, 5.74) is 8.60. The van der Waals surface area contributed by atoms with Crippen LogP contribution in [-0.2, 0) is 17.9 Å². The van der Waals surface area contributed by atoms with Gasteiger partial charge in [0.1, 0.15) is 7.05 Å². The summed E-state index contributed by atoms with van der Waals surface area (Å²) < 4.78 is 2.29. The Balaban J connectivity index is 2.57. The van der Waals surface area contributed by atoms with E-state index in [1.807, 2.05) is 0 Å². The molecule has 0 atom stereocenters. The van der Waals surface area contributed by atoms with Gasteiger partial charge in [-0.3, -0.25) is 0 Å². The Labute approximate surface area is 148 Å². The lowest BCUT2D eigenvalue weighted by Gasteiger charge is -2.24. The summed E-state index contributed by atoms with van der Waals surface area (Å²) >= 11 is 0. The van der Waals surface area contributed by atoms with Crippen molar-refractivity contribution in [2.45, 2.75) is 72.6 Å². The molecular formula is C23H34N+. The third kappa shape index (κ3) is 3.55. The maximum absolute atomic E-state index is 2.35. The third-order valence-corrected chi connectivity index (χ3v) is 5.46. The molecule has 130 valence electrons. The fraction of sp³-hybridized carbons (Fsp3) is 0.522. The van der Waals surface area contributed by atoms with Gasteiger partial charge in [0, 0.05) is 17.2 Å². The second kappa shape index (κ2) is 6.35. The molecule has 0 radical (unpaired) electrons.